The first-order valence-corrected chi connectivity index (χ1v) is 6.50. The number of hydrogen-bond donors (Lipinski definition) is 1. The van der Waals surface area contributed by atoms with Crippen molar-refractivity contribution < 1.29 is 14.6 Å². The summed E-state index contributed by atoms with van der Waals surface area (Å²) in [6.45, 7) is 1.94. The minimum absolute atomic E-state index is 0.436. The zero-order chi connectivity index (χ0) is 13.2. The number of aliphatic hydroxyl groups is 1. The Bertz CT molecular complexity index is 408. The maximum Gasteiger partial charge on any atom is 0.160 e. The monoisotopic (exact) mass is 250 g/mol. The molecule has 0 bridgehead atoms. The van der Waals surface area contributed by atoms with Gasteiger partial charge in [-0.05, 0) is 43.4 Å². The molecule has 0 aromatic heterocycles. The molecule has 1 saturated carbocycles. The predicted octanol–water partition coefficient (Wildman–Crippen LogP) is 2.80. The maximum absolute atomic E-state index is 10.5. The molecule has 3 heteroatoms. The molecule has 1 aliphatic rings. The van der Waals surface area contributed by atoms with Gasteiger partial charge in [0, 0.05) is 6.42 Å². The first kappa shape index (κ1) is 13.2. The number of methoxy groups -OCH3 is 2. The van der Waals surface area contributed by atoms with Crippen LogP contribution in [0.3, 0.4) is 0 Å². The maximum atomic E-state index is 10.5. The summed E-state index contributed by atoms with van der Waals surface area (Å²) >= 11 is 0. The van der Waals surface area contributed by atoms with E-state index in [1.165, 1.54) is 6.42 Å². The molecule has 0 radical (unpaired) electrons. The zero-order valence-corrected chi connectivity index (χ0v) is 11.4. The largest absolute Gasteiger partial charge is 0.493 e. The predicted molar refractivity (Wildman–Crippen MR) is 71.2 cm³/mol. The summed E-state index contributed by atoms with van der Waals surface area (Å²) in [5.41, 5.74) is 0.474. The van der Waals surface area contributed by atoms with Crippen molar-refractivity contribution in [1.29, 1.82) is 0 Å². The van der Waals surface area contributed by atoms with Gasteiger partial charge in [-0.1, -0.05) is 12.5 Å². The van der Waals surface area contributed by atoms with E-state index in [9.17, 15) is 5.11 Å². The van der Waals surface area contributed by atoms with Gasteiger partial charge in [-0.2, -0.15) is 0 Å². The van der Waals surface area contributed by atoms with Crippen LogP contribution in [0.1, 0.15) is 31.7 Å². The highest BCUT2D eigenvalue weighted by molar-refractivity contribution is 5.43. The van der Waals surface area contributed by atoms with E-state index in [0.717, 1.165) is 29.9 Å². The average molecular weight is 250 g/mol. The molecular weight excluding hydrogens is 228 g/mol. The first-order valence-electron chi connectivity index (χ1n) is 6.50. The van der Waals surface area contributed by atoms with E-state index >= 15 is 0 Å². The van der Waals surface area contributed by atoms with Crippen molar-refractivity contribution in [2.24, 2.45) is 5.92 Å². The van der Waals surface area contributed by atoms with Gasteiger partial charge >= 0.3 is 0 Å². The molecule has 1 aliphatic carbocycles. The molecule has 0 spiro atoms. The van der Waals surface area contributed by atoms with Gasteiger partial charge in [-0.15, -0.1) is 0 Å². The standard InChI is InChI=1S/C15H22O3/c1-15(16,12-5-4-6-12)10-11-7-8-13(17-2)14(9-11)18-3/h7-9,12,16H,4-6,10H2,1-3H3. The lowest BCUT2D eigenvalue weighted by Crippen LogP contribution is -2.40. The first-order chi connectivity index (χ1) is 8.56. The zero-order valence-electron chi connectivity index (χ0n) is 11.4. The van der Waals surface area contributed by atoms with Crippen LogP contribution in [0.4, 0.5) is 0 Å². The van der Waals surface area contributed by atoms with Crippen LogP contribution in [0.5, 0.6) is 11.5 Å². The smallest absolute Gasteiger partial charge is 0.160 e. The highest BCUT2D eigenvalue weighted by Gasteiger charge is 2.36. The van der Waals surface area contributed by atoms with E-state index in [1.54, 1.807) is 14.2 Å². The summed E-state index contributed by atoms with van der Waals surface area (Å²) in [6, 6.07) is 5.84. The molecule has 0 heterocycles. The molecule has 0 saturated heterocycles. The second-order valence-corrected chi connectivity index (χ2v) is 5.35. The van der Waals surface area contributed by atoms with Gasteiger partial charge in [0.25, 0.3) is 0 Å². The molecule has 1 atom stereocenters. The van der Waals surface area contributed by atoms with Gasteiger partial charge in [0.1, 0.15) is 0 Å². The molecular formula is C15H22O3. The molecule has 2 rings (SSSR count). The number of rotatable bonds is 5. The van der Waals surface area contributed by atoms with Gasteiger partial charge in [0.15, 0.2) is 11.5 Å². The van der Waals surface area contributed by atoms with Gasteiger partial charge in [-0.25, -0.2) is 0 Å². The van der Waals surface area contributed by atoms with Gasteiger partial charge in [-0.3, -0.25) is 0 Å². The average Bonchev–Trinajstić information content (AvgIpc) is 2.25. The molecule has 1 unspecified atom stereocenters. The fourth-order valence-electron chi connectivity index (χ4n) is 2.58. The minimum atomic E-state index is -0.613. The van der Waals surface area contributed by atoms with Crippen molar-refractivity contribution in [3.8, 4) is 11.5 Å². The van der Waals surface area contributed by atoms with Crippen LogP contribution in [0.2, 0.25) is 0 Å². The lowest BCUT2D eigenvalue weighted by Gasteiger charge is -2.39. The molecule has 1 aromatic carbocycles. The van der Waals surface area contributed by atoms with Gasteiger partial charge in [0.05, 0.1) is 19.8 Å². The fourth-order valence-corrected chi connectivity index (χ4v) is 2.58. The third-order valence-corrected chi connectivity index (χ3v) is 3.99. The topological polar surface area (TPSA) is 38.7 Å². The Morgan fingerprint density at radius 3 is 2.39 bits per heavy atom. The second kappa shape index (κ2) is 5.19. The van der Waals surface area contributed by atoms with Crippen LogP contribution in [-0.2, 0) is 6.42 Å². The Kier molecular flexibility index (Phi) is 3.81. The van der Waals surface area contributed by atoms with E-state index in [4.69, 9.17) is 9.47 Å². The summed E-state index contributed by atoms with van der Waals surface area (Å²) in [5.74, 6) is 1.88. The van der Waals surface area contributed by atoms with Crippen molar-refractivity contribution in [2.45, 2.75) is 38.2 Å². The molecule has 1 fully saturated rings. The highest BCUT2D eigenvalue weighted by Crippen LogP contribution is 2.38. The molecule has 3 nitrogen and oxygen atoms in total. The van der Waals surface area contributed by atoms with Crippen LogP contribution in [0.15, 0.2) is 18.2 Å². The highest BCUT2D eigenvalue weighted by atomic mass is 16.5. The summed E-state index contributed by atoms with van der Waals surface area (Å²) in [4.78, 5) is 0. The van der Waals surface area contributed by atoms with E-state index in [1.807, 2.05) is 25.1 Å². The summed E-state index contributed by atoms with van der Waals surface area (Å²) < 4.78 is 10.5. The minimum Gasteiger partial charge on any atom is -0.493 e. The molecule has 0 aliphatic heterocycles. The molecule has 100 valence electrons. The SMILES string of the molecule is COc1ccc(CC(C)(O)C2CCC2)cc1OC. The molecule has 1 aromatic rings. The van der Waals surface area contributed by atoms with Crippen LogP contribution in [-0.4, -0.2) is 24.9 Å². The lowest BCUT2D eigenvalue weighted by atomic mass is 9.71. The van der Waals surface area contributed by atoms with Crippen LogP contribution in [0.25, 0.3) is 0 Å². The molecule has 1 N–H and O–H groups in total. The van der Waals surface area contributed by atoms with Crippen molar-refractivity contribution in [3.05, 3.63) is 23.8 Å². The Morgan fingerprint density at radius 1 is 1.22 bits per heavy atom. The lowest BCUT2D eigenvalue weighted by molar-refractivity contribution is -0.0340. The fraction of sp³-hybridized carbons (Fsp3) is 0.600. The van der Waals surface area contributed by atoms with Crippen LogP contribution in [0, 0.1) is 5.92 Å². The van der Waals surface area contributed by atoms with E-state index in [-0.39, 0.29) is 0 Å². The molecule has 0 amide bonds. The van der Waals surface area contributed by atoms with Gasteiger partial charge < -0.3 is 14.6 Å². The normalized spacial score (nSPS) is 18.9. The van der Waals surface area contributed by atoms with Crippen LogP contribution >= 0.6 is 0 Å². The number of ether oxygens (including phenoxy) is 2. The molecule has 18 heavy (non-hydrogen) atoms. The van der Waals surface area contributed by atoms with Crippen molar-refractivity contribution in [1.82, 2.24) is 0 Å². The van der Waals surface area contributed by atoms with Crippen molar-refractivity contribution in [3.63, 3.8) is 0 Å². The summed E-state index contributed by atoms with van der Waals surface area (Å²) in [7, 11) is 3.26. The van der Waals surface area contributed by atoms with E-state index in [0.29, 0.717) is 12.3 Å². The third-order valence-electron chi connectivity index (χ3n) is 3.99. The Labute approximate surface area is 109 Å². The Balaban J connectivity index is 2.13. The van der Waals surface area contributed by atoms with E-state index < -0.39 is 5.60 Å². The number of benzene rings is 1. The van der Waals surface area contributed by atoms with Crippen LogP contribution < -0.4 is 9.47 Å². The van der Waals surface area contributed by atoms with E-state index in [2.05, 4.69) is 0 Å². The Morgan fingerprint density at radius 2 is 1.89 bits per heavy atom. The summed E-state index contributed by atoms with van der Waals surface area (Å²) in [6.07, 6.45) is 4.19. The quantitative estimate of drug-likeness (QED) is 0.873. The summed E-state index contributed by atoms with van der Waals surface area (Å²) in [5, 5.41) is 10.5. The number of hydrogen-bond acceptors (Lipinski definition) is 3. The Hall–Kier alpha value is -1.22. The van der Waals surface area contributed by atoms with Crippen molar-refractivity contribution in [2.75, 3.05) is 14.2 Å². The van der Waals surface area contributed by atoms with Crippen molar-refractivity contribution >= 4 is 0 Å². The third kappa shape index (κ3) is 2.61. The second-order valence-electron chi connectivity index (χ2n) is 5.35. The van der Waals surface area contributed by atoms with Gasteiger partial charge in [0.2, 0.25) is 0 Å².